The fourth-order valence-electron chi connectivity index (χ4n) is 3.12. The van der Waals surface area contributed by atoms with Crippen LogP contribution in [0.25, 0.3) is 0 Å². The molecule has 2 aromatic rings. The second-order valence-corrected chi connectivity index (χ2v) is 10.8. The number of anilines is 1. The molecule has 1 aromatic heterocycles. The van der Waals surface area contributed by atoms with Gasteiger partial charge in [-0.3, -0.25) is 4.79 Å². The van der Waals surface area contributed by atoms with Gasteiger partial charge in [0.1, 0.15) is 5.01 Å². The molecule has 7 nitrogen and oxygen atoms in total. The fraction of sp³-hybridized carbons (Fsp3) is 0.500. The minimum absolute atomic E-state index is 0.0117. The second-order valence-electron chi connectivity index (χ2n) is 7.41. The number of hydrogen-bond donors (Lipinski definition) is 1. The summed E-state index contributed by atoms with van der Waals surface area (Å²) in [5.74, 6) is -0.537. The number of aromatic nitrogens is 2. The number of alkyl halides is 3. The average molecular weight is 497 g/mol. The van der Waals surface area contributed by atoms with Gasteiger partial charge in [-0.25, -0.2) is 8.42 Å². The SMILES string of the molecule is CC(C)c1nnc(NC(=O)C2CCN(S(=O)(=O)c3ccc(Cl)c(C(F)(F)F)c3)CC2)s1. The first-order valence-corrected chi connectivity index (χ1v) is 12.0. The van der Waals surface area contributed by atoms with Gasteiger partial charge in [-0.1, -0.05) is 36.8 Å². The molecule has 1 fully saturated rings. The molecule has 31 heavy (non-hydrogen) atoms. The summed E-state index contributed by atoms with van der Waals surface area (Å²) in [7, 11) is -4.15. The normalized spacial score (nSPS) is 16.6. The van der Waals surface area contributed by atoms with E-state index in [0.29, 0.717) is 11.2 Å². The number of carbonyl (C=O) groups excluding carboxylic acids is 1. The van der Waals surface area contributed by atoms with Crippen LogP contribution in [-0.2, 0) is 21.0 Å². The Bertz CT molecular complexity index is 1070. The number of hydrogen-bond acceptors (Lipinski definition) is 6. The molecule has 0 unspecified atom stereocenters. The molecule has 3 rings (SSSR count). The van der Waals surface area contributed by atoms with Gasteiger partial charge in [-0.05, 0) is 31.0 Å². The van der Waals surface area contributed by atoms with Crippen LogP contribution in [-0.4, -0.2) is 41.9 Å². The molecule has 0 saturated carbocycles. The van der Waals surface area contributed by atoms with Crippen LogP contribution in [0.1, 0.15) is 43.2 Å². The van der Waals surface area contributed by atoms with E-state index in [9.17, 15) is 26.4 Å². The number of benzene rings is 1. The fourth-order valence-corrected chi connectivity index (χ4v) is 5.59. The van der Waals surface area contributed by atoms with Crippen LogP contribution in [0.15, 0.2) is 23.1 Å². The van der Waals surface area contributed by atoms with Crippen molar-refractivity contribution in [2.45, 2.75) is 43.7 Å². The van der Waals surface area contributed by atoms with Crippen molar-refractivity contribution in [2.75, 3.05) is 18.4 Å². The highest BCUT2D eigenvalue weighted by atomic mass is 35.5. The largest absolute Gasteiger partial charge is 0.417 e. The van der Waals surface area contributed by atoms with Crippen LogP contribution >= 0.6 is 22.9 Å². The number of piperidine rings is 1. The molecule has 0 aliphatic carbocycles. The number of nitrogens with zero attached hydrogens (tertiary/aromatic N) is 3. The molecule has 0 spiro atoms. The van der Waals surface area contributed by atoms with Crippen molar-refractivity contribution in [3.63, 3.8) is 0 Å². The third-order valence-electron chi connectivity index (χ3n) is 4.87. The van der Waals surface area contributed by atoms with Gasteiger partial charge in [0.15, 0.2) is 0 Å². The van der Waals surface area contributed by atoms with Crippen LogP contribution in [0.3, 0.4) is 0 Å². The van der Waals surface area contributed by atoms with E-state index in [1.54, 1.807) is 0 Å². The molecule has 1 amide bonds. The molecular weight excluding hydrogens is 477 g/mol. The highest BCUT2D eigenvalue weighted by molar-refractivity contribution is 7.89. The first-order chi connectivity index (χ1) is 14.4. The maximum Gasteiger partial charge on any atom is 0.417 e. The number of halogens is 4. The van der Waals surface area contributed by atoms with Crippen LogP contribution in [0.4, 0.5) is 18.3 Å². The smallest absolute Gasteiger partial charge is 0.300 e. The molecule has 1 aliphatic rings. The van der Waals surface area contributed by atoms with E-state index in [4.69, 9.17) is 11.6 Å². The van der Waals surface area contributed by atoms with Crippen molar-refractivity contribution in [1.29, 1.82) is 0 Å². The number of sulfonamides is 1. The zero-order chi connectivity index (χ0) is 23.0. The molecule has 0 radical (unpaired) electrons. The summed E-state index contributed by atoms with van der Waals surface area (Å²) in [6, 6.07) is 2.51. The molecule has 2 heterocycles. The first kappa shape index (κ1) is 23.9. The van der Waals surface area contributed by atoms with Crippen molar-refractivity contribution in [3.05, 3.63) is 33.8 Å². The Balaban J connectivity index is 1.66. The lowest BCUT2D eigenvalue weighted by Gasteiger charge is -2.30. The summed E-state index contributed by atoms with van der Waals surface area (Å²) in [6.45, 7) is 3.94. The van der Waals surface area contributed by atoms with Gasteiger partial charge < -0.3 is 5.32 Å². The van der Waals surface area contributed by atoms with Gasteiger partial charge in [0.25, 0.3) is 0 Å². The van der Waals surface area contributed by atoms with Gasteiger partial charge in [0.2, 0.25) is 21.1 Å². The lowest BCUT2D eigenvalue weighted by atomic mass is 9.97. The van der Waals surface area contributed by atoms with E-state index >= 15 is 0 Å². The molecule has 1 aromatic carbocycles. The first-order valence-electron chi connectivity index (χ1n) is 9.40. The minimum atomic E-state index is -4.77. The molecule has 170 valence electrons. The van der Waals surface area contributed by atoms with Crippen molar-refractivity contribution in [3.8, 4) is 0 Å². The third-order valence-corrected chi connectivity index (χ3v) is 8.23. The Labute approximate surface area is 186 Å². The summed E-state index contributed by atoms with van der Waals surface area (Å²) in [5.41, 5.74) is -1.21. The maximum absolute atomic E-state index is 13.1. The van der Waals surface area contributed by atoms with E-state index < -0.39 is 37.6 Å². The quantitative estimate of drug-likeness (QED) is 0.663. The highest BCUT2D eigenvalue weighted by Gasteiger charge is 2.37. The Hall–Kier alpha value is -1.76. The van der Waals surface area contributed by atoms with Crippen LogP contribution in [0.2, 0.25) is 5.02 Å². The summed E-state index contributed by atoms with van der Waals surface area (Å²) >= 11 is 6.85. The number of carbonyl (C=O) groups is 1. The van der Waals surface area contributed by atoms with Gasteiger partial charge >= 0.3 is 6.18 Å². The third kappa shape index (κ3) is 5.36. The second kappa shape index (κ2) is 9.00. The molecule has 1 saturated heterocycles. The Morgan fingerprint density at radius 2 is 1.90 bits per heavy atom. The molecule has 1 N–H and O–H groups in total. The Kier molecular flexibility index (Phi) is 6.94. The van der Waals surface area contributed by atoms with Crippen molar-refractivity contribution < 1.29 is 26.4 Å². The molecule has 1 aliphatic heterocycles. The van der Waals surface area contributed by atoms with E-state index in [1.807, 2.05) is 13.8 Å². The summed E-state index contributed by atoms with van der Waals surface area (Å²) in [4.78, 5) is 12.0. The van der Waals surface area contributed by atoms with E-state index in [-0.39, 0.29) is 37.8 Å². The van der Waals surface area contributed by atoms with E-state index in [0.717, 1.165) is 21.4 Å². The maximum atomic E-state index is 13.1. The highest BCUT2D eigenvalue weighted by Crippen LogP contribution is 2.37. The molecule has 0 atom stereocenters. The zero-order valence-corrected chi connectivity index (χ0v) is 19.0. The van der Waals surface area contributed by atoms with E-state index in [1.165, 1.54) is 11.3 Å². The lowest BCUT2D eigenvalue weighted by molar-refractivity contribution is -0.137. The van der Waals surface area contributed by atoms with Gasteiger partial charge in [-0.15, -0.1) is 10.2 Å². The lowest BCUT2D eigenvalue weighted by Crippen LogP contribution is -2.41. The van der Waals surface area contributed by atoms with Crippen molar-refractivity contribution in [1.82, 2.24) is 14.5 Å². The van der Waals surface area contributed by atoms with Crippen LogP contribution < -0.4 is 5.32 Å². The van der Waals surface area contributed by atoms with Crippen molar-refractivity contribution in [2.24, 2.45) is 5.92 Å². The van der Waals surface area contributed by atoms with Gasteiger partial charge in [-0.2, -0.15) is 17.5 Å². The van der Waals surface area contributed by atoms with Crippen molar-refractivity contribution >= 4 is 44.0 Å². The Morgan fingerprint density at radius 1 is 1.26 bits per heavy atom. The molecular formula is C18H20ClF3N4O3S2. The average Bonchev–Trinajstić information content (AvgIpc) is 3.16. The monoisotopic (exact) mass is 496 g/mol. The van der Waals surface area contributed by atoms with Crippen LogP contribution in [0, 0.1) is 5.92 Å². The predicted octanol–water partition coefficient (Wildman–Crippen LogP) is 4.37. The molecule has 13 heteroatoms. The van der Waals surface area contributed by atoms with Gasteiger partial charge in [0, 0.05) is 24.9 Å². The van der Waals surface area contributed by atoms with Gasteiger partial charge in [0.05, 0.1) is 15.5 Å². The number of nitrogens with one attached hydrogen (secondary N) is 1. The predicted molar refractivity (Wildman–Crippen MR) is 111 cm³/mol. The zero-order valence-electron chi connectivity index (χ0n) is 16.6. The summed E-state index contributed by atoms with van der Waals surface area (Å²) in [6.07, 6.45) is -4.30. The number of amides is 1. The topological polar surface area (TPSA) is 92.3 Å². The summed E-state index contributed by atoms with van der Waals surface area (Å²) in [5, 5.41) is 11.2. The number of rotatable bonds is 5. The summed E-state index contributed by atoms with van der Waals surface area (Å²) < 4.78 is 65.9. The minimum Gasteiger partial charge on any atom is -0.300 e. The van der Waals surface area contributed by atoms with E-state index in [2.05, 4.69) is 15.5 Å². The Morgan fingerprint density at radius 3 is 2.45 bits per heavy atom. The standard InChI is InChI=1S/C18H20ClF3N4O3S2/c1-10(2)16-24-25-17(30-16)23-15(27)11-5-7-26(8-6-11)31(28,29)12-3-4-14(19)13(9-12)18(20,21)22/h3-4,9-11H,5-8H2,1-2H3,(H,23,25,27). The molecule has 0 bridgehead atoms. The van der Waals surface area contributed by atoms with Crippen LogP contribution in [0.5, 0.6) is 0 Å².